The maximum absolute atomic E-state index is 12.2. The van der Waals surface area contributed by atoms with Crippen molar-refractivity contribution in [2.45, 2.75) is 6.54 Å². The minimum absolute atomic E-state index is 0.0994. The van der Waals surface area contributed by atoms with Crippen LogP contribution in [0, 0.1) is 5.82 Å². The second kappa shape index (κ2) is 2.60. The Morgan fingerprint density at radius 2 is 2.22 bits per heavy atom. The van der Waals surface area contributed by atoms with E-state index in [1.165, 1.54) is 12.1 Å². The van der Waals surface area contributed by atoms with E-state index in [2.05, 4.69) is 0 Å². The number of benzene rings is 1. The highest BCUT2D eigenvalue weighted by molar-refractivity contribution is 5.15. The number of nitrogens with zero attached hydrogens (tertiary/aromatic N) is 1. The lowest BCUT2D eigenvalue weighted by Crippen LogP contribution is -1.84. The van der Waals surface area contributed by atoms with E-state index in [0.29, 0.717) is 5.56 Å². The number of hydrogen-bond donors (Lipinski definition) is 0. The molecule has 9 heavy (non-hydrogen) atoms. The summed E-state index contributed by atoms with van der Waals surface area (Å²) in [6, 6.07) is 5.89. The maximum atomic E-state index is 12.2. The SMILES string of the molecule is [N]Cc1cccc(F)c1. The van der Waals surface area contributed by atoms with Gasteiger partial charge in [0, 0.05) is 0 Å². The first-order chi connectivity index (χ1) is 4.33. The first-order valence-electron chi connectivity index (χ1n) is 2.68. The minimum Gasteiger partial charge on any atom is -0.207 e. The van der Waals surface area contributed by atoms with Crippen LogP contribution in [-0.2, 0) is 6.54 Å². The van der Waals surface area contributed by atoms with Gasteiger partial charge in [-0.05, 0) is 17.7 Å². The van der Waals surface area contributed by atoms with Gasteiger partial charge in [0.25, 0.3) is 0 Å². The Balaban J connectivity index is 2.94. The van der Waals surface area contributed by atoms with Crippen LogP contribution < -0.4 is 5.73 Å². The highest BCUT2D eigenvalue weighted by Crippen LogP contribution is 2.01. The molecule has 1 aromatic rings. The Morgan fingerprint density at radius 1 is 1.44 bits per heavy atom. The van der Waals surface area contributed by atoms with Crippen molar-refractivity contribution >= 4 is 0 Å². The smallest absolute Gasteiger partial charge is 0.123 e. The highest BCUT2D eigenvalue weighted by Gasteiger charge is 1.90. The molecule has 2 heteroatoms. The predicted octanol–water partition coefficient (Wildman–Crippen LogP) is 1.39. The molecule has 1 rings (SSSR count). The van der Waals surface area contributed by atoms with Gasteiger partial charge in [0.05, 0.1) is 6.54 Å². The van der Waals surface area contributed by atoms with Gasteiger partial charge in [0.2, 0.25) is 0 Å². The van der Waals surface area contributed by atoms with Crippen LogP contribution in [0.3, 0.4) is 0 Å². The number of halogens is 1. The lowest BCUT2D eigenvalue weighted by Gasteiger charge is -1.91. The van der Waals surface area contributed by atoms with Gasteiger partial charge in [0.15, 0.2) is 0 Å². The van der Waals surface area contributed by atoms with Crippen LogP contribution in [0.15, 0.2) is 24.3 Å². The van der Waals surface area contributed by atoms with Gasteiger partial charge in [-0.2, -0.15) is 0 Å². The van der Waals surface area contributed by atoms with Gasteiger partial charge in [-0.1, -0.05) is 12.1 Å². The molecule has 46 valence electrons. The summed E-state index contributed by atoms with van der Waals surface area (Å²) in [4.78, 5) is 0. The molecule has 0 aromatic heterocycles. The van der Waals surface area contributed by atoms with Crippen LogP contribution in [-0.4, -0.2) is 0 Å². The summed E-state index contributed by atoms with van der Waals surface area (Å²) in [5, 5.41) is 0. The van der Waals surface area contributed by atoms with Crippen molar-refractivity contribution in [2.75, 3.05) is 0 Å². The maximum Gasteiger partial charge on any atom is 0.123 e. The van der Waals surface area contributed by atoms with E-state index in [1.807, 2.05) is 0 Å². The van der Waals surface area contributed by atoms with Gasteiger partial charge in [0.1, 0.15) is 5.82 Å². The number of rotatable bonds is 1. The number of hydrogen-bond acceptors (Lipinski definition) is 0. The van der Waals surface area contributed by atoms with Crippen molar-refractivity contribution in [3.05, 3.63) is 35.6 Å². The van der Waals surface area contributed by atoms with Crippen LogP contribution in [0.2, 0.25) is 0 Å². The third kappa shape index (κ3) is 1.50. The molecule has 0 atom stereocenters. The molecule has 0 unspecified atom stereocenters. The van der Waals surface area contributed by atoms with Crippen LogP contribution in [0.5, 0.6) is 0 Å². The van der Waals surface area contributed by atoms with Crippen LogP contribution in [0.1, 0.15) is 5.56 Å². The van der Waals surface area contributed by atoms with E-state index >= 15 is 0 Å². The van der Waals surface area contributed by atoms with E-state index in [1.54, 1.807) is 12.1 Å². The zero-order valence-electron chi connectivity index (χ0n) is 4.84. The molecule has 0 aliphatic heterocycles. The molecule has 0 amide bonds. The largest absolute Gasteiger partial charge is 0.207 e. The quantitative estimate of drug-likeness (QED) is 0.538. The fourth-order valence-electron chi connectivity index (χ4n) is 0.635. The summed E-state index contributed by atoms with van der Waals surface area (Å²) >= 11 is 0. The molecule has 0 heterocycles. The van der Waals surface area contributed by atoms with Gasteiger partial charge < -0.3 is 0 Å². The van der Waals surface area contributed by atoms with Crippen LogP contribution >= 0.6 is 0 Å². The molecule has 0 fully saturated rings. The molecular weight excluding hydrogens is 117 g/mol. The lowest BCUT2D eigenvalue weighted by molar-refractivity contribution is 0.625. The Bertz CT molecular complexity index is 198. The summed E-state index contributed by atoms with van der Waals surface area (Å²) in [6.07, 6.45) is 0. The van der Waals surface area contributed by atoms with Crippen molar-refractivity contribution < 1.29 is 4.39 Å². The monoisotopic (exact) mass is 123 g/mol. The van der Waals surface area contributed by atoms with Crippen molar-refractivity contribution in [2.24, 2.45) is 0 Å². The van der Waals surface area contributed by atoms with Crippen molar-refractivity contribution in [1.29, 1.82) is 0 Å². The molecule has 2 radical (unpaired) electrons. The Hall–Kier alpha value is -0.890. The summed E-state index contributed by atoms with van der Waals surface area (Å²) in [6.45, 7) is -0.0994. The van der Waals surface area contributed by atoms with Crippen molar-refractivity contribution in [3.63, 3.8) is 0 Å². The molecule has 0 saturated carbocycles. The average molecular weight is 123 g/mol. The first kappa shape index (κ1) is 6.23. The van der Waals surface area contributed by atoms with Crippen LogP contribution in [0.4, 0.5) is 4.39 Å². The Labute approximate surface area is 53.3 Å². The van der Waals surface area contributed by atoms with E-state index in [0.717, 1.165) is 0 Å². The molecular formula is C7H6FN. The average Bonchev–Trinajstić information content (AvgIpc) is 1.88. The summed E-state index contributed by atoms with van der Waals surface area (Å²) in [5.41, 5.74) is 9.10. The fourth-order valence-corrected chi connectivity index (χ4v) is 0.635. The third-order valence-corrected chi connectivity index (χ3v) is 1.07. The van der Waals surface area contributed by atoms with E-state index < -0.39 is 0 Å². The molecule has 1 aromatic carbocycles. The molecule has 0 aliphatic carbocycles. The minimum atomic E-state index is -0.304. The second-order valence-electron chi connectivity index (χ2n) is 1.79. The lowest BCUT2D eigenvalue weighted by atomic mass is 10.2. The molecule has 1 nitrogen and oxygen atoms in total. The summed E-state index contributed by atoms with van der Waals surface area (Å²) < 4.78 is 12.2. The topological polar surface area (TPSA) is 22.3 Å². The Kier molecular flexibility index (Phi) is 1.80. The molecule has 0 aliphatic rings. The van der Waals surface area contributed by atoms with Crippen molar-refractivity contribution in [1.82, 2.24) is 5.73 Å². The fraction of sp³-hybridized carbons (Fsp3) is 0.143. The third-order valence-electron chi connectivity index (χ3n) is 1.07. The second-order valence-corrected chi connectivity index (χ2v) is 1.79. The normalized spacial score (nSPS) is 9.56. The first-order valence-corrected chi connectivity index (χ1v) is 2.68. The molecule has 0 spiro atoms. The van der Waals surface area contributed by atoms with E-state index in [-0.39, 0.29) is 12.4 Å². The zero-order chi connectivity index (χ0) is 6.69. The van der Waals surface area contributed by atoms with Crippen LogP contribution in [0.25, 0.3) is 0 Å². The molecule has 0 saturated heterocycles. The van der Waals surface area contributed by atoms with Gasteiger partial charge in [-0.3, -0.25) is 0 Å². The van der Waals surface area contributed by atoms with Gasteiger partial charge in [-0.15, -0.1) is 5.73 Å². The standard InChI is InChI=1S/C7H6FN/c8-7-3-1-2-6(4-7)5-9/h1-4H,5H2. The zero-order valence-corrected chi connectivity index (χ0v) is 4.84. The van der Waals surface area contributed by atoms with Gasteiger partial charge in [-0.25, -0.2) is 4.39 Å². The van der Waals surface area contributed by atoms with E-state index in [9.17, 15) is 4.39 Å². The van der Waals surface area contributed by atoms with Crippen molar-refractivity contribution in [3.8, 4) is 0 Å². The highest BCUT2D eigenvalue weighted by atomic mass is 19.1. The summed E-state index contributed by atoms with van der Waals surface area (Å²) in [5.74, 6) is -0.304. The Morgan fingerprint density at radius 3 is 2.67 bits per heavy atom. The molecule has 0 N–H and O–H groups in total. The predicted molar refractivity (Wildman–Crippen MR) is 32.2 cm³/mol. The van der Waals surface area contributed by atoms with Gasteiger partial charge >= 0.3 is 0 Å². The molecule has 0 bridgehead atoms. The van der Waals surface area contributed by atoms with E-state index in [4.69, 9.17) is 5.73 Å². The summed E-state index contributed by atoms with van der Waals surface area (Å²) in [7, 11) is 0.